The highest BCUT2D eigenvalue weighted by molar-refractivity contribution is 7.80. The maximum Gasteiger partial charge on any atom is 0.328 e. The van der Waals surface area contributed by atoms with E-state index in [0.29, 0.717) is 0 Å². The Kier molecular flexibility index (Phi) is 10.4. The Morgan fingerprint density at radius 2 is 1.78 bits per heavy atom. The van der Waals surface area contributed by atoms with E-state index in [2.05, 4.69) is 17.3 Å². The Morgan fingerprint density at radius 1 is 1.26 bits per heavy atom. The molecule has 154 valence electrons. The van der Waals surface area contributed by atoms with Crippen molar-refractivity contribution < 1.29 is 29.7 Å². The van der Waals surface area contributed by atoms with Crippen LogP contribution in [-0.2, 0) is 9.59 Å². The molecule has 0 aromatic rings. The predicted molar refractivity (Wildman–Crippen MR) is 100 cm³/mol. The van der Waals surface area contributed by atoms with Gasteiger partial charge < -0.3 is 42.4 Å². The van der Waals surface area contributed by atoms with Crippen LogP contribution in [0.25, 0.3) is 0 Å². The summed E-state index contributed by atoms with van der Waals surface area (Å²) >= 11 is 5.11. The van der Waals surface area contributed by atoms with Crippen LogP contribution >= 0.6 is 12.2 Å². The second-order valence-corrected chi connectivity index (χ2v) is 6.08. The van der Waals surface area contributed by atoms with E-state index in [-0.39, 0.29) is 17.1 Å². The molecule has 27 heavy (non-hydrogen) atoms. The average molecular weight is 406 g/mol. The summed E-state index contributed by atoms with van der Waals surface area (Å²) in [5.41, 5.74) is 13.5. The number of carboxylic acid groups (broad SMARTS) is 1. The Morgan fingerprint density at radius 3 is 2.19 bits per heavy atom. The van der Waals surface area contributed by atoms with Gasteiger partial charge >= 0.3 is 12.0 Å². The van der Waals surface area contributed by atoms with Crippen molar-refractivity contribution in [2.75, 3.05) is 20.2 Å². The van der Waals surface area contributed by atoms with Crippen molar-refractivity contribution >= 4 is 35.1 Å². The number of nitrogens with two attached hydrogens (primary N) is 2. The summed E-state index contributed by atoms with van der Waals surface area (Å²) in [7, 11) is 1.51. The largest absolute Gasteiger partial charge is 0.480 e. The van der Waals surface area contributed by atoms with Gasteiger partial charge in [-0.3, -0.25) is 4.79 Å². The summed E-state index contributed by atoms with van der Waals surface area (Å²) in [6.07, 6.45) is -0.895. The minimum atomic E-state index is -1.53. The zero-order chi connectivity index (χ0) is 21.3. The highest BCUT2D eigenvalue weighted by Crippen LogP contribution is 2.01. The number of nitrogens with one attached hydrogen (secondary N) is 3. The third-order valence-electron chi connectivity index (χ3n) is 3.50. The van der Waals surface area contributed by atoms with Crippen LogP contribution in [0.4, 0.5) is 4.79 Å². The number of aliphatic carboxylic acids is 1. The molecule has 0 saturated heterocycles. The van der Waals surface area contributed by atoms with Crippen molar-refractivity contribution in [1.29, 1.82) is 0 Å². The zero-order valence-electron chi connectivity index (χ0n) is 15.0. The van der Waals surface area contributed by atoms with Crippen molar-refractivity contribution in [2.24, 2.45) is 11.5 Å². The molecule has 0 aliphatic heterocycles. The van der Waals surface area contributed by atoms with Crippen molar-refractivity contribution in [1.82, 2.24) is 21.1 Å². The van der Waals surface area contributed by atoms with Crippen LogP contribution in [0.15, 0.2) is 12.2 Å². The van der Waals surface area contributed by atoms with Crippen LogP contribution in [0.1, 0.15) is 6.92 Å². The first-order chi connectivity index (χ1) is 12.4. The molecule has 0 aromatic heterocycles. The number of aliphatic hydroxyl groups excluding tert-OH is 2. The van der Waals surface area contributed by atoms with E-state index < -0.39 is 48.7 Å². The summed E-state index contributed by atoms with van der Waals surface area (Å²) < 4.78 is 0. The molecule has 0 aromatic carbocycles. The van der Waals surface area contributed by atoms with E-state index in [1.807, 2.05) is 5.32 Å². The van der Waals surface area contributed by atoms with Crippen LogP contribution in [-0.4, -0.2) is 87.7 Å². The van der Waals surface area contributed by atoms with Crippen molar-refractivity contribution in [3.05, 3.63) is 12.2 Å². The number of carbonyl (C=O) groups excluding carboxylic acids is 2. The molecule has 0 aliphatic rings. The molecule has 0 fully saturated rings. The fraction of sp³-hybridized carbons (Fsp3) is 0.571. The van der Waals surface area contributed by atoms with Crippen LogP contribution < -0.4 is 27.5 Å². The fourth-order valence-electron chi connectivity index (χ4n) is 1.71. The third-order valence-corrected chi connectivity index (χ3v) is 4.04. The molecule has 0 radical (unpaired) electrons. The molecule has 3 amide bonds. The number of hydrogen-bond acceptors (Lipinski definition) is 8. The predicted octanol–water partition coefficient (Wildman–Crippen LogP) is -3.39. The smallest absolute Gasteiger partial charge is 0.328 e. The fourth-order valence-corrected chi connectivity index (χ4v) is 1.97. The monoisotopic (exact) mass is 406 g/mol. The topological polar surface area (TPSA) is 203 Å². The van der Waals surface area contributed by atoms with Crippen molar-refractivity contribution in [3.63, 3.8) is 0 Å². The van der Waals surface area contributed by atoms with Gasteiger partial charge in [0.05, 0.1) is 24.8 Å². The number of nitrogens with zero attached hydrogens (tertiary/aromatic N) is 1. The van der Waals surface area contributed by atoms with Gasteiger partial charge in [0.1, 0.15) is 4.99 Å². The van der Waals surface area contributed by atoms with Crippen molar-refractivity contribution in [2.45, 2.75) is 31.2 Å². The number of likely N-dealkylation sites (N-methyl/N-ethyl adjacent to an activating group) is 1. The molecule has 10 N–H and O–H groups in total. The SMILES string of the molecule is C=C(C(N)=O)C(CNN(C)C(=S)C(N)C(C)O)NC(=O)NC(CO)C(=O)O. The van der Waals surface area contributed by atoms with Crippen LogP contribution in [0, 0.1) is 0 Å². The lowest BCUT2D eigenvalue weighted by molar-refractivity contribution is -0.140. The molecular formula is C14H26N6O6S. The summed E-state index contributed by atoms with van der Waals surface area (Å²) in [5, 5.41) is 32.9. The first-order valence-electron chi connectivity index (χ1n) is 7.76. The number of primary amides is 1. The van der Waals surface area contributed by atoms with Gasteiger partial charge in [-0.05, 0) is 6.92 Å². The highest BCUT2D eigenvalue weighted by Gasteiger charge is 2.25. The molecule has 0 bridgehead atoms. The van der Waals surface area contributed by atoms with E-state index in [0.717, 1.165) is 0 Å². The van der Waals surface area contributed by atoms with E-state index in [1.165, 1.54) is 19.0 Å². The Labute approximate surface area is 161 Å². The van der Waals surface area contributed by atoms with Gasteiger partial charge in [0.25, 0.3) is 0 Å². The lowest BCUT2D eigenvalue weighted by atomic mass is 10.1. The first kappa shape index (κ1) is 24.7. The van der Waals surface area contributed by atoms with Gasteiger partial charge in [0.2, 0.25) is 5.91 Å². The third kappa shape index (κ3) is 8.27. The zero-order valence-corrected chi connectivity index (χ0v) is 15.8. The van der Waals surface area contributed by atoms with Gasteiger partial charge in [0, 0.05) is 19.2 Å². The molecule has 0 heterocycles. The summed E-state index contributed by atoms with van der Waals surface area (Å²) in [5.74, 6) is -2.32. The second-order valence-electron chi connectivity index (χ2n) is 5.66. The summed E-state index contributed by atoms with van der Waals surface area (Å²) in [6, 6.07) is -4.34. The normalized spacial score (nSPS) is 15.0. The molecule has 4 unspecified atom stereocenters. The number of thiocarbonyl (C=S) groups is 1. The number of urea groups is 1. The molecule has 0 aliphatic carbocycles. The average Bonchev–Trinajstić information content (AvgIpc) is 2.60. The number of carbonyl (C=O) groups is 3. The highest BCUT2D eigenvalue weighted by atomic mass is 32.1. The van der Waals surface area contributed by atoms with Gasteiger partial charge in [-0.25, -0.2) is 15.0 Å². The number of amides is 3. The van der Waals surface area contributed by atoms with Crippen LogP contribution in [0.5, 0.6) is 0 Å². The molecule has 0 spiro atoms. The Bertz CT molecular complexity index is 586. The summed E-state index contributed by atoms with van der Waals surface area (Å²) in [6.45, 7) is 4.03. The van der Waals surface area contributed by atoms with E-state index in [4.69, 9.17) is 33.9 Å². The molecule has 4 atom stereocenters. The van der Waals surface area contributed by atoms with Gasteiger partial charge in [-0.1, -0.05) is 18.8 Å². The second kappa shape index (κ2) is 11.4. The lowest BCUT2D eigenvalue weighted by Crippen LogP contribution is -2.57. The van der Waals surface area contributed by atoms with Gasteiger partial charge in [0.15, 0.2) is 6.04 Å². The lowest BCUT2D eigenvalue weighted by Gasteiger charge is -2.29. The molecule has 12 nitrogen and oxygen atoms in total. The van der Waals surface area contributed by atoms with E-state index in [9.17, 15) is 19.5 Å². The van der Waals surface area contributed by atoms with E-state index >= 15 is 0 Å². The maximum absolute atomic E-state index is 11.9. The number of hydrogen-bond donors (Lipinski definition) is 8. The van der Waals surface area contributed by atoms with Crippen LogP contribution in [0.3, 0.4) is 0 Å². The Balaban J connectivity index is 5.00. The summed E-state index contributed by atoms with van der Waals surface area (Å²) in [4.78, 5) is 34.3. The maximum atomic E-state index is 11.9. The molecule has 0 rings (SSSR count). The van der Waals surface area contributed by atoms with E-state index in [1.54, 1.807) is 0 Å². The standard InChI is InChI=1S/C14H26N6O6S/c1-6(11(16)23)8(18-14(26)19-9(5-21)13(24)25)4-17-20(3)12(27)10(15)7(2)22/h7-10,17,21-22H,1,4-5,15H2,2-3H3,(H2,16,23)(H,24,25)(H2,18,19,26). The number of carboxylic acids is 1. The number of aliphatic hydroxyl groups is 2. The molecule has 13 heteroatoms. The number of hydrazine groups is 1. The minimum Gasteiger partial charge on any atom is -0.480 e. The molecule has 0 saturated carbocycles. The minimum absolute atomic E-state index is 0.102. The Hall–Kier alpha value is -2.32. The van der Waals surface area contributed by atoms with Crippen molar-refractivity contribution in [3.8, 4) is 0 Å². The molecular weight excluding hydrogens is 380 g/mol. The van der Waals surface area contributed by atoms with Gasteiger partial charge in [-0.2, -0.15) is 0 Å². The first-order valence-corrected chi connectivity index (χ1v) is 8.17. The van der Waals surface area contributed by atoms with Crippen LogP contribution in [0.2, 0.25) is 0 Å². The number of rotatable bonds is 11. The van der Waals surface area contributed by atoms with Gasteiger partial charge in [-0.15, -0.1) is 0 Å². The quantitative estimate of drug-likeness (QED) is 0.0970.